The number of rotatable bonds is 1. The summed E-state index contributed by atoms with van der Waals surface area (Å²) in [5, 5.41) is 3.11. The van der Waals surface area contributed by atoms with Gasteiger partial charge >= 0.3 is 0 Å². The van der Waals surface area contributed by atoms with Gasteiger partial charge in [-0.25, -0.2) is 4.98 Å². The fourth-order valence-corrected chi connectivity index (χ4v) is 2.17. The predicted octanol–water partition coefficient (Wildman–Crippen LogP) is 1.65. The van der Waals surface area contributed by atoms with E-state index in [4.69, 9.17) is 0 Å². The van der Waals surface area contributed by atoms with Gasteiger partial charge in [0.25, 0.3) is 5.56 Å². The molecule has 98 valence electrons. The highest BCUT2D eigenvalue weighted by molar-refractivity contribution is 5.60. The van der Waals surface area contributed by atoms with Gasteiger partial charge in [-0.3, -0.25) is 14.3 Å². The molecule has 2 aromatic heterocycles. The van der Waals surface area contributed by atoms with Gasteiger partial charge in [0.1, 0.15) is 5.69 Å². The zero-order valence-electron chi connectivity index (χ0n) is 10.4. The molecule has 2 aromatic rings. The fraction of sp³-hybridized carbons (Fsp3) is 0.308. The third kappa shape index (κ3) is 1.99. The van der Waals surface area contributed by atoms with E-state index in [0.717, 1.165) is 6.42 Å². The van der Waals surface area contributed by atoms with Crippen molar-refractivity contribution in [2.45, 2.75) is 25.9 Å². The maximum absolute atomic E-state index is 14.1. The molecule has 0 aliphatic carbocycles. The zero-order chi connectivity index (χ0) is 13.4. The molecule has 1 aliphatic heterocycles. The molecule has 3 heterocycles. The SMILES string of the molecule is CC1CCn2c(nc(-c3ccncc3)c(F)c2=O)N1. The summed E-state index contributed by atoms with van der Waals surface area (Å²) < 4.78 is 15.5. The zero-order valence-corrected chi connectivity index (χ0v) is 10.4. The maximum atomic E-state index is 14.1. The number of pyridine rings is 1. The minimum absolute atomic E-state index is 0.0697. The number of hydrogen-bond donors (Lipinski definition) is 1. The van der Waals surface area contributed by atoms with Crippen LogP contribution in [0, 0.1) is 5.82 Å². The van der Waals surface area contributed by atoms with E-state index in [-0.39, 0.29) is 11.7 Å². The highest BCUT2D eigenvalue weighted by Gasteiger charge is 2.22. The molecule has 1 atom stereocenters. The Bertz CT molecular complexity index is 668. The molecule has 0 saturated carbocycles. The fourth-order valence-electron chi connectivity index (χ4n) is 2.17. The van der Waals surface area contributed by atoms with Crippen molar-refractivity contribution in [1.82, 2.24) is 14.5 Å². The summed E-state index contributed by atoms with van der Waals surface area (Å²) in [7, 11) is 0. The van der Waals surface area contributed by atoms with Crippen LogP contribution in [0.15, 0.2) is 29.3 Å². The van der Waals surface area contributed by atoms with Gasteiger partial charge in [0, 0.05) is 30.5 Å². The van der Waals surface area contributed by atoms with Crippen molar-refractivity contribution >= 4 is 5.95 Å². The summed E-state index contributed by atoms with van der Waals surface area (Å²) in [6.45, 7) is 2.49. The number of aromatic nitrogens is 3. The first-order valence-electron chi connectivity index (χ1n) is 6.14. The second-order valence-corrected chi connectivity index (χ2v) is 4.62. The summed E-state index contributed by atoms with van der Waals surface area (Å²) >= 11 is 0. The lowest BCUT2D eigenvalue weighted by atomic mass is 10.1. The number of nitrogens with zero attached hydrogens (tertiary/aromatic N) is 3. The molecule has 1 N–H and O–H groups in total. The lowest BCUT2D eigenvalue weighted by molar-refractivity contribution is 0.500. The molecule has 0 radical (unpaired) electrons. The van der Waals surface area contributed by atoms with Crippen molar-refractivity contribution < 1.29 is 4.39 Å². The van der Waals surface area contributed by atoms with Gasteiger partial charge in [-0.2, -0.15) is 4.39 Å². The molecular formula is C13H13FN4O. The average molecular weight is 260 g/mol. The Morgan fingerprint density at radius 3 is 2.89 bits per heavy atom. The highest BCUT2D eigenvalue weighted by Crippen LogP contribution is 2.22. The monoisotopic (exact) mass is 260 g/mol. The number of fused-ring (bicyclic) bond motifs is 1. The van der Waals surface area contributed by atoms with E-state index in [1.54, 1.807) is 24.5 Å². The predicted molar refractivity (Wildman–Crippen MR) is 69.4 cm³/mol. The standard InChI is InChI=1S/C13H13FN4O/c1-8-4-7-18-12(19)10(14)11(17-13(18)16-8)9-2-5-15-6-3-9/h2-3,5-6,8H,4,7H2,1H3,(H,16,17). The number of anilines is 1. The van der Waals surface area contributed by atoms with Gasteiger partial charge in [0.15, 0.2) is 0 Å². The first-order valence-corrected chi connectivity index (χ1v) is 6.14. The number of halogens is 1. The summed E-state index contributed by atoms with van der Waals surface area (Å²) in [5.74, 6) is -0.386. The smallest absolute Gasteiger partial charge is 0.291 e. The number of hydrogen-bond acceptors (Lipinski definition) is 4. The molecule has 0 fully saturated rings. The van der Waals surface area contributed by atoms with E-state index in [2.05, 4.69) is 15.3 Å². The third-order valence-corrected chi connectivity index (χ3v) is 3.23. The Labute approximate surface area is 109 Å². The molecule has 19 heavy (non-hydrogen) atoms. The molecule has 6 heteroatoms. The molecule has 0 saturated heterocycles. The third-order valence-electron chi connectivity index (χ3n) is 3.23. The second kappa shape index (κ2) is 4.46. The molecule has 0 aromatic carbocycles. The average Bonchev–Trinajstić information content (AvgIpc) is 2.43. The van der Waals surface area contributed by atoms with Crippen molar-refractivity contribution in [2.24, 2.45) is 0 Å². The first-order chi connectivity index (χ1) is 9.16. The minimum Gasteiger partial charge on any atom is -0.353 e. The van der Waals surface area contributed by atoms with Crippen LogP contribution in [0.2, 0.25) is 0 Å². The van der Waals surface area contributed by atoms with Crippen molar-refractivity contribution in [2.75, 3.05) is 5.32 Å². The summed E-state index contributed by atoms with van der Waals surface area (Å²) in [5.41, 5.74) is -0.00973. The Kier molecular flexibility index (Phi) is 2.77. The number of nitrogens with one attached hydrogen (secondary N) is 1. The van der Waals surface area contributed by atoms with Crippen LogP contribution in [0.3, 0.4) is 0 Å². The van der Waals surface area contributed by atoms with E-state index >= 15 is 0 Å². The Morgan fingerprint density at radius 1 is 1.42 bits per heavy atom. The van der Waals surface area contributed by atoms with Crippen molar-refractivity contribution in [1.29, 1.82) is 0 Å². The summed E-state index contributed by atoms with van der Waals surface area (Å²) in [6, 6.07) is 3.49. The Hall–Kier alpha value is -2.24. The van der Waals surface area contributed by atoms with Gasteiger partial charge in [0.2, 0.25) is 11.8 Å². The first kappa shape index (κ1) is 11.8. The van der Waals surface area contributed by atoms with Gasteiger partial charge in [-0.1, -0.05) is 0 Å². The normalized spacial score (nSPS) is 17.7. The van der Waals surface area contributed by atoms with Crippen LogP contribution in [0.1, 0.15) is 13.3 Å². The molecule has 0 spiro atoms. The van der Waals surface area contributed by atoms with Gasteiger partial charge < -0.3 is 5.32 Å². The van der Waals surface area contributed by atoms with Crippen LogP contribution in [0.25, 0.3) is 11.3 Å². The van der Waals surface area contributed by atoms with Crippen molar-refractivity contribution in [3.05, 3.63) is 40.7 Å². The van der Waals surface area contributed by atoms with Crippen molar-refractivity contribution in [3.63, 3.8) is 0 Å². The van der Waals surface area contributed by atoms with Crippen molar-refractivity contribution in [3.8, 4) is 11.3 Å². The lowest BCUT2D eigenvalue weighted by Gasteiger charge is -2.24. The van der Waals surface area contributed by atoms with E-state index in [1.165, 1.54) is 4.57 Å². The molecule has 0 amide bonds. The van der Waals surface area contributed by atoms with Crippen LogP contribution in [0.5, 0.6) is 0 Å². The Morgan fingerprint density at radius 2 is 2.16 bits per heavy atom. The molecule has 1 unspecified atom stereocenters. The molecular weight excluding hydrogens is 247 g/mol. The van der Waals surface area contributed by atoms with Crippen LogP contribution in [-0.4, -0.2) is 20.6 Å². The van der Waals surface area contributed by atoms with E-state index in [1.807, 2.05) is 6.92 Å². The largest absolute Gasteiger partial charge is 0.353 e. The summed E-state index contributed by atoms with van der Waals surface area (Å²) in [4.78, 5) is 20.1. The highest BCUT2D eigenvalue weighted by atomic mass is 19.1. The van der Waals surface area contributed by atoms with Gasteiger partial charge in [-0.05, 0) is 25.5 Å². The maximum Gasteiger partial charge on any atom is 0.291 e. The molecule has 3 rings (SSSR count). The molecule has 5 nitrogen and oxygen atoms in total. The quantitative estimate of drug-likeness (QED) is 0.847. The van der Waals surface area contributed by atoms with Crippen LogP contribution in [-0.2, 0) is 6.54 Å². The summed E-state index contributed by atoms with van der Waals surface area (Å²) in [6.07, 6.45) is 3.87. The molecule has 1 aliphatic rings. The van der Waals surface area contributed by atoms with Crippen LogP contribution >= 0.6 is 0 Å². The van der Waals surface area contributed by atoms with E-state index in [0.29, 0.717) is 18.1 Å². The minimum atomic E-state index is -0.814. The lowest BCUT2D eigenvalue weighted by Crippen LogP contribution is -2.36. The van der Waals surface area contributed by atoms with E-state index < -0.39 is 11.4 Å². The molecule has 0 bridgehead atoms. The van der Waals surface area contributed by atoms with Crippen LogP contribution in [0.4, 0.5) is 10.3 Å². The second-order valence-electron chi connectivity index (χ2n) is 4.62. The van der Waals surface area contributed by atoms with E-state index in [9.17, 15) is 9.18 Å². The van der Waals surface area contributed by atoms with Gasteiger partial charge in [-0.15, -0.1) is 0 Å². The Balaban J connectivity index is 2.20. The topological polar surface area (TPSA) is 59.8 Å². The van der Waals surface area contributed by atoms with Crippen LogP contribution < -0.4 is 10.9 Å². The van der Waals surface area contributed by atoms with Gasteiger partial charge in [0.05, 0.1) is 0 Å².